The van der Waals surface area contributed by atoms with Crippen molar-refractivity contribution in [1.82, 2.24) is 25.2 Å². The summed E-state index contributed by atoms with van der Waals surface area (Å²) in [6, 6.07) is 0. The van der Waals surface area contributed by atoms with Gasteiger partial charge in [0, 0.05) is 30.1 Å². The third-order valence-corrected chi connectivity index (χ3v) is 4.92. The summed E-state index contributed by atoms with van der Waals surface area (Å²) < 4.78 is 7.64. The SMILES string of the molecule is Cc1csc(C(C)Cn2nnnc2N2CCOC(C)(C)C2)n1. The average molecular weight is 322 g/mol. The number of nitrogens with zero attached hydrogens (tertiary/aromatic N) is 6. The van der Waals surface area contributed by atoms with Crippen molar-refractivity contribution in [3.63, 3.8) is 0 Å². The molecule has 0 aliphatic carbocycles. The Morgan fingerprint density at radius 1 is 1.45 bits per heavy atom. The predicted octanol–water partition coefficient (Wildman–Crippen LogP) is 1.86. The molecule has 2 aromatic rings. The van der Waals surface area contributed by atoms with Crippen LogP contribution in [-0.4, -0.2) is 50.5 Å². The van der Waals surface area contributed by atoms with Crippen molar-refractivity contribution in [2.45, 2.75) is 45.8 Å². The fourth-order valence-corrected chi connectivity index (χ4v) is 3.52. The minimum atomic E-state index is -0.174. The van der Waals surface area contributed by atoms with E-state index in [9.17, 15) is 0 Å². The number of morpholine rings is 1. The van der Waals surface area contributed by atoms with Crippen molar-refractivity contribution in [2.75, 3.05) is 24.6 Å². The van der Waals surface area contributed by atoms with Crippen molar-refractivity contribution in [1.29, 1.82) is 0 Å². The van der Waals surface area contributed by atoms with Gasteiger partial charge >= 0.3 is 0 Å². The molecule has 1 aliphatic rings. The molecule has 22 heavy (non-hydrogen) atoms. The van der Waals surface area contributed by atoms with Gasteiger partial charge in [0.1, 0.15) is 0 Å². The van der Waals surface area contributed by atoms with Crippen molar-refractivity contribution < 1.29 is 4.74 Å². The second-order valence-electron chi connectivity index (χ2n) is 6.42. The Labute approximate surface area is 134 Å². The van der Waals surface area contributed by atoms with E-state index in [4.69, 9.17) is 4.74 Å². The van der Waals surface area contributed by atoms with E-state index in [0.29, 0.717) is 6.61 Å². The zero-order valence-electron chi connectivity index (χ0n) is 13.5. The Bertz CT molecular complexity index is 637. The first-order valence-electron chi connectivity index (χ1n) is 7.52. The van der Waals surface area contributed by atoms with Gasteiger partial charge in [-0.3, -0.25) is 0 Å². The summed E-state index contributed by atoms with van der Waals surface area (Å²) in [4.78, 5) is 6.76. The summed E-state index contributed by atoms with van der Waals surface area (Å²) in [6.45, 7) is 11.4. The van der Waals surface area contributed by atoms with E-state index in [0.717, 1.165) is 36.3 Å². The fraction of sp³-hybridized carbons (Fsp3) is 0.714. The van der Waals surface area contributed by atoms with Gasteiger partial charge in [0.25, 0.3) is 0 Å². The van der Waals surface area contributed by atoms with Crippen LogP contribution in [0.4, 0.5) is 5.95 Å². The van der Waals surface area contributed by atoms with Crippen LogP contribution >= 0.6 is 11.3 Å². The van der Waals surface area contributed by atoms with Crippen molar-refractivity contribution in [2.24, 2.45) is 0 Å². The first-order valence-corrected chi connectivity index (χ1v) is 8.40. The van der Waals surface area contributed by atoms with Crippen LogP contribution in [-0.2, 0) is 11.3 Å². The number of ether oxygens (including phenoxy) is 1. The Morgan fingerprint density at radius 2 is 2.27 bits per heavy atom. The molecule has 2 aromatic heterocycles. The minimum Gasteiger partial charge on any atom is -0.372 e. The summed E-state index contributed by atoms with van der Waals surface area (Å²) in [5.74, 6) is 1.10. The number of aromatic nitrogens is 5. The molecular weight excluding hydrogens is 300 g/mol. The summed E-state index contributed by atoms with van der Waals surface area (Å²) in [7, 11) is 0. The van der Waals surface area contributed by atoms with Crippen LogP contribution in [0.25, 0.3) is 0 Å². The second kappa shape index (κ2) is 5.92. The molecule has 0 radical (unpaired) electrons. The van der Waals surface area contributed by atoms with Gasteiger partial charge in [0.05, 0.1) is 23.8 Å². The first kappa shape index (κ1) is 15.4. The number of thiazole rings is 1. The standard InChI is InChI=1S/C14H22N6OS/c1-10(12-15-11(2)8-22-12)7-20-13(16-17-18-20)19-5-6-21-14(3,4)9-19/h8,10H,5-7,9H2,1-4H3. The number of anilines is 1. The number of tetrazole rings is 1. The van der Waals surface area contributed by atoms with Gasteiger partial charge in [0.15, 0.2) is 0 Å². The number of hydrogen-bond acceptors (Lipinski definition) is 7. The van der Waals surface area contributed by atoms with Gasteiger partial charge < -0.3 is 9.64 Å². The van der Waals surface area contributed by atoms with E-state index in [1.54, 1.807) is 11.3 Å². The normalized spacial score (nSPS) is 19.4. The first-order chi connectivity index (χ1) is 10.4. The largest absolute Gasteiger partial charge is 0.372 e. The fourth-order valence-electron chi connectivity index (χ4n) is 2.67. The molecule has 0 aromatic carbocycles. The predicted molar refractivity (Wildman–Crippen MR) is 85.3 cm³/mol. The molecule has 1 atom stereocenters. The maximum absolute atomic E-state index is 5.76. The Morgan fingerprint density at radius 3 is 2.95 bits per heavy atom. The molecule has 120 valence electrons. The highest BCUT2D eigenvalue weighted by Crippen LogP contribution is 2.25. The quantitative estimate of drug-likeness (QED) is 0.856. The van der Waals surface area contributed by atoms with Crippen LogP contribution in [0.1, 0.15) is 37.4 Å². The molecule has 0 N–H and O–H groups in total. The molecule has 3 heterocycles. The van der Waals surface area contributed by atoms with Crippen molar-refractivity contribution in [3.05, 3.63) is 16.1 Å². The van der Waals surface area contributed by atoms with Crippen LogP contribution in [0.15, 0.2) is 5.38 Å². The topological polar surface area (TPSA) is 69.0 Å². The molecule has 0 bridgehead atoms. The highest BCUT2D eigenvalue weighted by molar-refractivity contribution is 7.09. The van der Waals surface area contributed by atoms with Gasteiger partial charge in [-0.1, -0.05) is 12.0 Å². The highest BCUT2D eigenvalue weighted by Gasteiger charge is 2.30. The third-order valence-electron chi connectivity index (χ3n) is 3.73. The molecule has 0 saturated carbocycles. The van der Waals surface area contributed by atoms with Crippen molar-refractivity contribution >= 4 is 17.3 Å². The Hall–Kier alpha value is -1.54. The lowest BCUT2D eigenvalue weighted by Crippen LogP contribution is -2.49. The van der Waals surface area contributed by atoms with Crippen LogP contribution in [0.5, 0.6) is 0 Å². The van der Waals surface area contributed by atoms with Crippen LogP contribution < -0.4 is 4.90 Å². The molecule has 8 heteroatoms. The average Bonchev–Trinajstić information content (AvgIpc) is 3.06. The van der Waals surface area contributed by atoms with Gasteiger partial charge in [-0.25, -0.2) is 9.67 Å². The highest BCUT2D eigenvalue weighted by atomic mass is 32.1. The molecule has 1 aliphatic heterocycles. The minimum absolute atomic E-state index is 0.174. The molecule has 7 nitrogen and oxygen atoms in total. The lowest BCUT2D eigenvalue weighted by molar-refractivity contribution is -0.0283. The molecule has 0 amide bonds. The molecule has 1 fully saturated rings. The van der Waals surface area contributed by atoms with Crippen LogP contribution in [0, 0.1) is 6.92 Å². The summed E-state index contributed by atoms with van der Waals surface area (Å²) in [5.41, 5.74) is 0.895. The second-order valence-corrected chi connectivity index (χ2v) is 7.31. The summed E-state index contributed by atoms with van der Waals surface area (Å²) in [5, 5.41) is 15.4. The molecular formula is C14H22N6OS. The molecule has 1 saturated heterocycles. The van der Waals surface area contributed by atoms with E-state index in [1.165, 1.54) is 0 Å². The monoisotopic (exact) mass is 322 g/mol. The molecule has 1 unspecified atom stereocenters. The summed E-state index contributed by atoms with van der Waals surface area (Å²) >= 11 is 1.69. The maximum atomic E-state index is 5.76. The van der Waals surface area contributed by atoms with Gasteiger partial charge in [-0.05, 0) is 31.2 Å². The number of rotatable bonds is 4. The van der Waals surface area contributed by atoms with E-state index >= 15 is 0 Å². The van der Waals surface area contributed by atoms with Crippen molar-refractivity contribution in [3.8, 4) is 0 Å². The Kier molecular flexibility index (Phi) is 4.14. The number of hydrogen-bond donors (Lipinski definition) is 0. The van der Waals surface area contributed by atoms with Gasteiger partial charge in [-0.15, -0.1) is 11.3 Å². The smallest absolute Gasteiger partial charge is 0.245 e. The molecule has 0 spiro atoms. The van der Waals surface area contributed by atoms with Crippen LogP contribution in [0.2, 0.25) is 0 Å². The van der Waals surface area contributed by atoms with E-state index < -0.39 is 0 Å². The van der Waals surface area contributed by atoms with E-state index in [1.807, 2.05) is 11.6 Å². The zero-order valence-corrected chi connectivity index (χ0v) is 14.3. The van der Waals surface area contributed by atoms with Crippen LogP contribution in [0.3, 0.4) is 0 Å². The molecule has 3 rings (SSSR count). The zero-order chi connectivity index (χ0) is 15.7. The summed E-state index contributed by atoms with van der Waals surface area (Å²) in [6.07, 6.45) is 0. The van der Waals surface area contributed by atoms with E-state index in [2.05, 4.69) is 51.6 Å². The third kappa shape index (κ3) is 3.27. The van der Waals surface area contributed by atoms with E-state index in [-0.39, 0.29) is 11.5 Å². The lowest BCUT2D eigenvalue weighted by Gasteiger charge is -2.38. The lowest BCUT2D eigenvalue weighted by atomic mass is 10.1. The van der Waals surface area contributed by atoms with Gasteiger partial charge in [-0.2, -0.15) is 0 Å². The Balaban J connectivity index is 1.74. The maximum Gasteiger partial charge on any atom is 0.245 e. The van der Waals surface area contributed by atoms with Gasteiger partial charge in [0.2, 0.25) is 5.95 Å². The number of aryl methyl sites for hydroxylation is 1.